The fraction of sp³-hybridized carbons (Fsp3) is 0.333. The Kier molecular flexibility index (Phi) is 5.96. The Morgan fingerprint density at radius 3 is 2.14 bits per heavy atom. The number of rotatable bonds is 5. The molecule has 0 radical (unpaired) electrons. The molecule has 0 heterocycles. The molecule has 78 valence electrons. The van der Waals surface area contributed by atoms with Gasteiger partial charge in [-0.2, -0.15) is 0 Å². The predicted molar refractivity (Wildman–Crippen MR) is 66.7 cm³/mol. The maximum Gasteiger partial charge on any atom is 0.242 e. The molecule has 0 bridgehead atoms. The molecule has 0 fully saturated rings. The molecule has 0 rings (SSSR count). The molecule has 0 aromatic rings. The molecular weight excluding hydrogens is 188 g/mol. The van der Waals surface area contributed by atoms with E-state index in [1.54, 1.807) is 0 Å². The second-order valence-corrected chi connectivity index (χ2v) is 8.38. The summed E-state index contributed by atoms with van der Waals surface area (Å²) < 4.78 is 5.65. The van der Waals surface area contributed by atoms with E-state index in [9.17, 15) is 0 Å². The first-order valence-electron chi connectivity index (χ1n) is 4.79. The minimum absolute atomic E-state index is 0.745. The molecule has 0 atom stereocenters. The van der Waals surface area contributed by atoms with Crippen molar-refractivity contribution in [3.63, 3.8) is 0 Å². The summed E-state index contributed by atoms with van der Waals surface area (Å²) in [7, 11) is -1.48. The molecule has 0 amide bonds. The summed E-state index contributed by atoms with van der Waals surface area (Å²) in [5.74, 6) is 0.745. The number of allylic oxidation sites excluding steroid dienone is 6. The average Bonchev–Trinajstić information content (AvgIpc) is 2.00. The van der Waals surface area contributed by atoms with Crippen LogP contribution in [0, 0.1) is 0 Å². The molecule has 0 saturated heterocycles. The fourth-order valence-electron chi connectivity index (χ4n) is 0.830. The van der Waals surface area contributed by atoms with Crippen LogP contribution >= 0.6 is 0 Å². The van der Waals surface area contributed by atoms with Crippen LogP contribution in [0.25, 0.3) is 0 Å². The summed E-state index contributed by atoms with van der Waals surface area (Å²) in [6.07, 6.45) is 11.7. The maximum atomic E-state index is 5.65. The van der Waals surface area contributed by atoms with Gasteiger partial charge in [0, 0.05) is 0 Å². The van der Waals surface area contributed by atoms with Crippen molar-refractivity contribution in [2.24, 2.45) is 0 Å². The topological polar surface area (TPSA) is 9.23 Å². The highest BCUT2D eigenvalue weighted by Gasteiger charge is 2.15. The van der Waals surface area contributed by atoms with E-state index >= 15 is 0 Å². The Morgan fingerprint density at radius 1 is 1.07 bits per heavy atom. The van der Waals surface area contributed by atoms with Gasteiger partial charge in [0.15, 0.2) is 0 Å². The highest BCUT2D eigenvalue weighted by Crippen LogP contribution is 2.09. The van der Waals surface area contributed by atoms with Gasteiger partial charge in [0.25, 0.3) is 0 Å². The van der Waals surface area contributed by atoms with Gasteiger partial charge >= 0.3 is 0 Å². The van der Waals surface area contributed by atoms with Crippen molar-refractivity contribution in [2.75, 3.05) is 0 Å². The SMILES string of the molecule is C=C(/C=C/C=C/C=C/C)O[Si](C)(C)C. The van der Waals surface area contributed by atoms with Gasteiger partial charge in [-0.15, -0.1) is 0 Å². The zero-order valence-electron chi connectivity index (χ0n) is 9.58. The van der Waals surface area contributed by atoms with E-state index < -0.39 is 8.32 Å². The number of hydrogen-bond acceptors (Lipinski definition) is 1. The molecule has 0 saturated carbocycles. The Hall–Kier alpha value is -1.02. The van der Waals surface area contributed by atoms with Crippen molar-refractivity contribution in [3.05, 3.63) is 48.8 Å². The van der Waals surface area contributed by atoms with Crippen molar-refractivity contribution in [2.45, 2.75) is 26.6 Å². The third-order valence-corrected chi connectivity index (χ3v) is 2.12. The normalized spacial score (nSPS) is 13.1. The standard InChI is InChI=1S/C12H20OSi/c1-6-7-8-9-10-11-12(2)13-14(3,4)5/h6-11H,2H2,1,3-5H3/b7-6+,9-8+,11-10+. The summed E-state index contributed by atoms with van der Waals surface area (Å²) in [5.41, 5.74) is 0. The van der Waals surface area contributed by atoms with Crippen molar-refractivity contribution < 1.29 is 4.43 Å². The van der Waals surface area contributed by atoms with Gasteiger partial charge in [-0.25, -0.2) is 0 Å². The van der Waals surface area contributed by atoms with E-state index in [1.165, 1.54) is 0 Å². The molecule has 14 heavy (non-hydrogen) atoms. The highest BCUT2D eigenvalue weighted by molar-refractivity contribution is 6.70. The monoisotopic (exact) mass is 208 g/mol. The minimum Gasteiger partial charge on any atom is -0.545 e. The minimum atomic E-state index is -1.48. The van der Waals surface area contributed by atoms with E-state index in [4.69, 9.17) is 4.43 Å². The molecule has 0 spiro atoms. The van der Waals surface area contributed by atoms with Gasteiger partial charge in [0.2, 0.25) is 8.32 Å². The molecule has 0 aromatic carbocycles. The Balaban J connectivity index is 3.95. The highest BCUT2D eigenvalue weighted by atomic mass is 28.4. The van der Waals surface area contributed by atoms with Crippen LogP contribution in [0.5, 0.6) is 0 Å². The van der Waals surface area contributed by atoms with Crippen LogP contribution in [0.15, 0.2) is 48.8 Å². The molecule has 2 heteroatoms. The lowest BCUT2D eigenvalue weighted by atomic mass is 10.4. The van der Waals surface area contributed by atoms with Crippen LogP contribution in [-0.2, 0) is 4.43 Å². The Morgan fingerprint density at radius 2 is 1.64 bits per heavy atom. The fourth-order valence-corrected chi connectivity index (χ4v) is 1.68. The van der Waals surface area contributed by atoms with Gasteiger partial charge in [0.05, 0.1) is 5.76 Å². The Labute approximate surface area is 88.6 Å². The molecule has 0 aromatic heterocycles. The zero-order valence-corrected chi connectivity index (χ0v) is 10.6. The van der Waals surface area contributed by atoms with Gasteiger partial charge in [-0.05, 0) is 32.6 Å². The van der Waals surface area contributed by atoms with Crippen LogP contribution in [0.2, 0.25) is 19.6 Å². The summed E-state index contributed by atoms with van der Waals surface area (Å²) in [4.78, 5) is 0. The first-order chi connectivity index (χ1) is 6.45. The molecule has 0 aliphatic heterocycles. The molecule has 0 aliphatic carbocycles. The van der Waals surface area contributed by atoms with Crippen molar-refractivity contribution in [1.29, 1.82) is 0 Å². The third kappa shape index (κ3) is 9.07. The second-order valence-electron chi connectivity index (χ2n) is 3.95. The quantitative estimate of drug-likeness (QED) is 0.376. The zero-order chi connectivity index (χ0) is 11.0. The lowest BCUT2D eigenvalue weighted by Crippen LogP contribution is -2.23. The van der Waals surface area contributed by atoms with E-state index in [1.807, 2.05) is 43.4 Å². The van der Waals surface area contributed by atoms with Crippen molar-refractivity contribution in [3.8, 4) is 0 Å². The second kappa shape index (κ2) is 6.43. The van der Waals surface area contributed by atoms with Crippen LogP contribution in [0.4, 0.5) is 0 Å². The van der Waals surface area contributed by atoms with Crippen molar-refractivity contribution in [1.82, 2.24) is 0 Å². The van der Waals surface area contributed by atoms with E-state index in [-0.39, 0.29) is 0 Å². The van der Waals surface area contributed by atoms with Crippen LogP contribution in [0.1, 0.15) is 6.92 Å². The first kappa shape index (κ1) is 13.0. The van der Waals surface area contributed by atoms with E-state index in [0.717, 1.165) is 5.76 Å². The third-order valence-electron chi connectivity index (χ3n) is 1.25. The van der Waals surface area contributed by atoms with Gasteiger partial charge in [-0.1, -0.05) is 37.0 Å². The maximum absolute atomic E-state index is 5.65. The molecular formula is C12H20OSi. The molecule has 1 nitrogen and oxygen atoms in total. The van der Waals surface area contributed by atoms with Crippen LogP contribution < -0.4 is 0 Å². The first-order valence-corrected chi connectivity index (χ1v) is 8.20. The average molecular weight is 208 g/mol. The smallest absolute Gasteiger partial charge is 0.242 e. The molecule has 0 unspecified atom stereocenters. The summed E-state index contributed by atoms with van der Waals surface area (Å²) >= 11 is 0. The lowest BCUT2D eigenvalue weighted by Gasteiger charge is -2.18. The summed E-state index contributed by atoms with van der Waals surface area (Å²) in [6.45, 7) is 12.2. The van der Waals surface area contributed by atoms with Crippen LogP contribution in [-0.4, -0.2) is 8.32 Å². The van der Waals surface area contributed by atoms with Gasteiger partial charge < -0.3 is 4.43 Å². The largest absolute Gasteiger partial charge is 0.545 e. The van der Waals surface area contributed by atoms with Crippen molar-refractivity contribution >= 4 is 8.32 Å². The number of hydrogen-bond donors (Lipinski definition) is 0. The van der Waals surface area contributed by atoms with E-state index in [2.05, 4.69) is 26.2 Å². The summed E-state index contributed by atoms with van der Waals surface area (Å²) in [6, 6.07) is 0. The van der Waals surface area contributed by atoms with Gasteiger partial charge in [0.1, 0.15) is 0 Å². The summed E-state index contributed by atoms with van der Waals surface area (Å²) in [5, 5.41) is 0. The molecule has 0 N–H and O–H groups in total. The molecule has 0 aliphatic rings. The predicted octanol–water partition coefficient (Wildman–Crippen LogP) is 4.04. The van der Waals surface area contributed by atoms with E-state index in [0.29, 0.717) is 0 Å². The van der Waals surface area contributed by atoms with Crippen LogP contribution in [0.3, 0.4) is 0 Å². The lowest BCUT2D eigenvalue weighted by molar-refractivity contribution is 0.444. The Bertz CT molecular complexity index is 254. The van der Waals surface area contributed by atoms with Gasteiger partial charge in [-0.3, -0.25) is 0 Å².